The molecule has 0 aromatic heterocycles. The summed E-state index contributed by atoms with van der Waals surface area (Å²) in [6.45, 7) is 9.43. The van der Waals surface area contributed by atoms with Crippen LogP contribution in [0.1, 0.15) is 53.4 Å². The summed E-state index contributed by atoms with van der Waals surface area (Å²) in [6.07, 6.45) is 5.68. The Morgan fingerprint density at radius 3 is 1.64 bits per heavy atom. The lowest BCUT2D eigenvalue weighted by Gasteiger charge is -2.29. The molecule has 0 heterocycles. The first-order chi connectivity index (χ1) is 5.24. The van der Waals surface area contributed by atoms with E-state index in [1.807, 2.05) is 0 Å². The minimum absolute atomic E-state index is 0.218. The Hall–Kier alpha value is 0.532. The van der Waals surface area contributed by atoms with Gasteiger partial charge in [-0.1, -0.05) is 62.9 Å². The van der Waals surface area contributed by atoms with E-state index in [0.717, 1.165) is 4.28 Å². The molecule has 0 fully saturated rings. The van der Waals surface area contributed by atoms with Crippen molar-refractivity contribution in [2.75, 3.05) is 0 Å². The Balaban J connectivity index is 3.84. The molecule has 0 nitrogen and oxygen atoms in total. The highest BCUT2D eigenvalue weighted by Crippen LogP contribution is 2.38. The van der Waals surface area contributed by atoms with Crippen molar-refractivity contribution < 1.29 is 0 Å². The van der Waals surface area contributed by atoms with Gasteiger partial charge in [-0.15, -0.1) is 0 Å². The van der Waals surface area contributed by atoms with E-state index in [2.05, 4.69) is 27.7 Å². The quantitative estimate of drug-likeness (QED) is 0.534. The third kappa shape index (κ3) is 3.63. The minimum atomic E-state index is 0.218. The summed E-state index contributed by atoms with van der Waals surface area (Å²) in [5.41, 5.74) is 0. The van der Waals surface area contributed by atoms with Gasteiger partial charge in [-0.25, -0.2) is 0 Å². The van der Waals surface area contributed by atoms with Crippen molar-refractivity contribution in [2.45, 2.75) is 62.9 Å². The molecular weight excluding hydrogens is 147 g/mol. The van der Waals surface area contributed by atoms with E-state index in [1.165, 1.54) is 25.7 Å². The van der Waals surface area contributed by atoms with Crippen LogP contribution < -0.4 is 0 Å². The SMILES string of the molecule is CC[CH2][AlH][C](CC)(CC)CC. The van der Waals surface area contributed by atoms with Crippen LogP contribution >= 0.6 is 0 Å². The molecule has 0 saturated carbocycles. The molecule has 0 aliphatic carbocycles. The van der Waals surface area contributed by atoms with E-state index in [1.54, 1.807) is 5.28 Å². The lowest BCUT2D eigenvalue weighted by atomic mass is 9.99. The Kier molecular flexibility index (Phi) is 6.39. The van der Waals surface area contributed by atoms with Gasteiger partial charge in [0.15, 0.2) is 0 Å². The van der Waals surface area contributed by atoms with Crippen LogP contribution in [-0.4, -0.2) is 15.2 Å². The molecule has 0 radical (unpaired) electrons. The number of hydrogen-bond donors (Lipinski definition) is 0. The summed E-state index contributed by atoms with van der Waals surface area (Å²) in [5, 5.41) is 1.55. The zero-order valence-electron chi connectivity index (χ0n) is 8.74. The predicted molar refractivity (Wildman–Crippen MR) is 55.8 cm³/mol. The highest BCUT2D eigenvalue weighted by Gasteiger charge is 2.24. The van der Waals surface area contributed by atoms with Crippen molar-refractivity contribution in [1.82, 2.24) is 0 Å². The summed E-state index contributed by atoms with van der Waals surface area (Å²) in [4.78, 5) is 0. The van der Waals surface area contributed by atoms with Crippen LogP contribution in [0, 0.1) is 0 Å². The molecule has 0 unspecified atom stereocenters. The summed E-state index contributed by atoms with van der Waals surface area (Å²) in [5.74, 6) is 0. The van der Waals surface area contributed by atoms with Crippen molar-refractivity contribution in [2.24, 2.45) is 0 Å². The molecule has 11 heavy (non-hydrogen) atoms. The Morgan fingerprint density at radius 1 is 0.909 bits per heavy atom. The average molecular weight is 170 g/mol. The normalized spacial score (nSPS) is 11.6. The number of hydrogen-bond acceptors (Lipinski definition) is 0. The summed E-state index contributed by atoms with van der Waals surface area (Å²) >= 11 is 0.218. The largest absolute Gasteiger partial charge is 0.245 e. The molecule has 66 valence electrons. The van der Waals surface area contributed by atoms with Crippen molar-refractivity contribution in [3.05, 3.63) is 0 Å². The van der Waals surface area contributed by atoms with Gasteiger partial charge < -0.3 is 0 Å². The maximum absolute atomic E-state index is 2.37. The first kappa shape index (κ1) is 11.5. The fraction of sp³-hybridized carbons (Fsp3) is 1.00. The Bertz CT molecular complexity index is 76.6. The lowest BCUT2D eigenvalue weighted by Crippen LogP contribution is -2.17. The second kappa shape index (κ2) is 6.09. The average Bonchev–Trinajstić information content (AvgIpc) is 2.08. The van der Waals surface area contributed by atoms with Crippen LogP contribution in [0.2, 0.25) is 9.56 Å². The summed E-state index contributed by atoms with van der Waals surface area (Å²) < 4.78 is 0.815. The molecule has 0 aliphatic rings. The molecule has 0 bridgehead atoms. The molecule has 0 saturated heterocycles. The van der Waals surface area contributed by atoms with Crippen LogP contribution in [0.25, 0.3) is 0 Å². The van der Waals surface area contributed by atoms with Gasteiger partial charge in [0.25, 0.3) is 0 Å². The Labute approximate surface area is 78.5 Å². The van der Waals surface area contributed by atoms with Crippen LogP contribution in [0.3, 0.4) is 0 Å². The van der Waals surface area contributed by atoms with Crippen molar-refractivity contribution in [3.8, 4) is 0 Å². The third-order valence-corrected chi connectivity index (χ3v) is 6.93. The summed E-state index contributed by atoms with van der Waals surface area (Å²) in [7, 11) is 0. The van der Waals surface area contributed by atoms with E-state index in [4.69, 9.17) is 0 Å². The fourth-order valence-corrected chi connectivity index (χ4v) is 4.00. The highest BCUT2D eigenvalue weighted by molar-refractivity contribution is 6.40. The van der Waals surface area contributed by atoms with Gasteiger partial charge in [0.1, 0.15) is 0 Å². The highest BCUT2D eigenvalue weighted by atomic mass is 27.1. The molecule has 1 heteroatoms. The zero-order chi connectivity index (χ0) is 8.74. The van der Waals surface area contributed by atoms with Gasteiger partial charge in [0, 0.05) is 0 Å². The fourth-order valence-electron chi connectivity index (χ4n) is 1.83. The molecule has 0 aliphatic heterocycles. The van der Waals surface area contributed by atoms with E-state index in [-0.39, 0.29) is 15.2 Å². The van der Waals surface area contributed by atoms with Gasteiger partial charge in [-0.2, -0.15) is 0 Å². The van der Waals surface area contributed by atoms with E-state index >= 15 is 0 Å². The van der Waals surface area contributed by atoms with Gasteiger partial charge in [0.2, 0.25) is 15.2 Å². The maximum Gasteiger partial charge on any atom is 0.245 e. The van der Waals surface area contributed by atoms with Gasteiger partial charge in [0.05, 0.1) is 0 Å². The van der Waals surface area contributed by atoms with E-state index < -0.39 is 0 Å². The first-order valence-electron chi connectivity index (χ1n) is 5.24. The molecule has 0 aromatic carbocycles. The molecular formula is C10H23Al. The van der Waals surface area contributed by atoms with Crippen LogP contribution in [0.4, 0.5) is 0 Å². The zero-order valence-corrected chi connectivity index (χ0v) is 10.2. The molecule has 0 amide bonds. The van der Waals surface area contributed by atoms with Crippen molar-refractivity contribution >= 4 is 15.2 Å². The third-order valence-electron chi connectivity index (χ3n) is 3.31. The smallest absolute Gasteiger partial charge is 0.0970 e. The van der Waals surface area contributed by atoms with Crippen molar-refractivity contribution in [1.29, 1.82) is 0 Å². The van der Waals surface area contributed by atoms with Crippen LogP contribution in [0.15, 0.2) is 0 Å². The van der Waals surface area contributed by atoms with E-state index in [9.17, 15) is 0 Å². The van der Waals surface area contributed by atoms with Gasteiger partial charge in [-0.3, -0.25) is 0 Å². The second-order valence-corrected chi connectivity index (χ2v) is 6.37. The maximum atomic E-state index is 2.37. The molecule has 0 spiro atoms. The first-order valence-corrected chi connectivity index (χ1v) is 6.95. The van der Waals surface area contributed by atoms with Crippen LogP contribution in [-0.2, 0) is 0 Å². The molecule has 0 aromatic rings. The topological polar surface area (TPSA) is 0 Å². The van der Waals surface area contributed by atoms with E-state index in [0.29, 0.717) is 0 Å². The van der Waals surface area contributed by atoms with Crippen LogP contribution in [0.5, 0.6) is 0 Å². The Morgan fingerprint density at radius 2 is 1.36 bits per heavy atom. The monoisotopic (exact) mass is 170 g/mol. The van der Waals surface area contributed by atoms with Gasteiger partial charge in [-0.05, 0) is 0 Å². The predicted octanol–water partition coefficient (Wildman–Crippen LogP) is 3.64. The molecule has 0 rings (SSSR count). The lowest BCUT2D eigenvalue weighted by molar-refractivity contribution is 0.494. The number of rotatable bonds is 6. The summed E-state index contributed by atoms with van der Waals surface area (Å²) in [6, 6.07) is 0. The molecule has 0 atom stereocenters. The standard InChI is InChI=1S/C7H15.C3H7.Al.H/c1-4-7(5-2)6-3;1-3-2;;/h4-6H2,1-3H3;1,3H2,2H3;;. The minimum Gasteiger partial charge on any atom is -0.0970 e. The van der Waals surface area contributed by atoms with Gasteiger partial charge >= 0.3 is 0 Å². The molecule has 0 N–H and O–H groups in total. The second-order valence-electron chi connectivity index (χ2n) is 3.66. The van der Waals surface area contributed by atoms with Crippen molar-refractivity contribution in [3.63, 3.8) is 0 Å².